The van der Waals surface area contributed by atoms with E-state index in [4.69, 9.17) is 4.74 Å². The number of esters is 1. The molecule has 0 radical (unpaired) electrons. The van der Waals surface area contributed by atoms with Crippen molar-refractivity contribution in [2.75, 3.05) is 6.61 Å². The van der Waals surface area contributed by atoms with Gasteiger partial charge in [0.05, 0.1) is 11.8 Å². The second kappa shape index (κ2) is 6.83. The molecule has 2 amide bonds. The maximum absolute atomic E-state index is 12.8. The summed E-state index contributed by atoms with van der Waals surface area (Å²) in [5, 5.41) is 0. The third kappa shape index (κ3) is 2.86. The molecule has 2 aliphatic carbocycles. The Kier molecular flexibility index (Phi) is 4.60. The van der Waals surface area contributed by atoms with Crippen molar-refractivity contribution in [2.45, 2.75) is 46.1 Å². The number of fused-ring (bicyclic) bond motifs is 5. The van der Waals surface area contributed by atoms with Crippen molar-refractivity contribution < 1.29 is 23.9 Å². The van der Waals surface area contributed by atoms with Crippen LogP contribution >= 0.6 is 0 Å². The molecular weight excluding hydrogens is 358 g/mol. The van der Waals surface area contributed by atoms with Crippen molar-refractivity contribution in [3.8, 4) is 0 Å². The topological polar surface area (TPSA) is 80.8 Å². The number of likely N-dealkylation sites (tertiary alicyclic amines) is 1. The van der Waals surface area contributed by atoms with Gasteiger partial charge in [0.25, 0.3) is 0 Å². The van der Waals surface area contributed by atoms with Crippen LogP contribution in [0.4, 0.5) is 0 Å². The average molecular weight is 383 g/mol. The summed E-state index contributed by atoms with van der Waals surface area (Å²) in [5.74, 6) is -1.49. The molecule has 6 nitrogen and oxygen atoms in total. The Morgan fingerprint density at radius 2 is 1.71 bits per heavy atom. The van der Waals surface area contributed by atoms with Crippen LogP contribution in [0.3, 0.4) is 0 Å². The van der Waals surface area contributed by atoms with Gasteiger partial charge in [-0.15, -0.1) is 0 Å². The molecule has 3 fully saturated rings. The van der Waals surface area contributed by atoms with Crippen molar-refractivity contribution >= 4 is 23.6 Å². The summed E-state index contributed by atoms with van der Waals surface area (Å²) >= 11 is 0. The molecule has 1 saturated heterocycles. The minimum absolute atomic E-state index is 0.243. The fourth-order valence-corrected chi connectivity index (χ4v) is 5.29. The van der Waals surface area contributed by atoms with Gasteiger partial charge in [-0.3, -0.25) is 19.3 Å². The van der Waals surface area contributed by atoms with E-state index in [9.17, 15) is 19.2 Å². The van der Waals surface area contributed by atoms with Crippen molar-refractivity contribution in [2.24, 2.45) is 23.7 Å². The van der Waals surface area contributed by atoms with Gasteiger partial charge in [-0.05, 0) is 63.5 Å². The molecular formula is C22H25NO5. The first-order valence-electron chi connectivity index (χ1n) is 9.93. The summed E-state index contributed by atoms with van der Waals surface area (Å²) in [6, 6.07) is 4.52. The number of amides is 2. The smallest absolute Gasteiger partial charge is 0.329 e. The number of hydrogen-bond acceptors (Lipinski definition) is 5. The molecule has 148 valence electrons. The first-order chi connectivity index (χ1) is 13.3. The number of carbonyl (C=O) groups excluding carboxylic acids is 4. The third-order valence-electron chi connectivity index (χ3n) is 6.73. The fourth-order valence-electron chi connectivity index (χ4n) is 5.29. The average Bonchev–Trinajstić information content (AvgIpc) is 3.34. The maximum Gasteiger partial charge on any atom is 0.329 e. The predicted molar refractivity (Wildman–Crippen MR) is 100 cm³/mol. The second-order valence-electron chi connectivity index (χ2n) is 8.46. The Morgan fingerprint density at radius 3 is 2.32 bits per heavy atom. The van der Waals surface area contributed by atoms with Gasteiger partial charge in [0.1, 0.15) is 6.04 Å². The van der Waals surface area contributed by atoms with Crippen LogP contribution in [0.2, 0.25) is 0 Å². The molecule has 1 aromatic rings. The predicted octanol–water partition coefficient (Wildman–Crippen LogP) is 2.45. The van der Waals surface area contributed by atoms with Crippen LogP contribution in [0.5, 0.6) is 0 Å². The van der Waals surface area contributed by atoms with Crippen LogP contribution in [-0.4, -0.2) is 41.1 Å². The second-order valence-corrected chi connectivity index (χ2v) is 8.46. The highest BCUT2D eigenvalue weighted by Crippen LogP contribution is 2.56. The van der Waals surface area contributed by atoms with Crippen molar-refractivity contribution in [1.29, 1.82) is 0 Å². The quantitative estimate of drug-likeness (QED) is 0.443. The van der Waals surface area contributed by atoms with Crippen molar-refractivity contribution in [3.63, 3.8) is 0 Å². The van der Waals surface area contributed by atoms with Gasteiger partial charge in [0.15, 0.2) is 6.61 Å². The summed E-state index contributed by atoms with van der Waals surface area (Å²) in [6.45, 7) is 4.82. The highest BCUT2D eigenvalue weighted by Gasteiger charge is 2.62. The molecule has 5 atom stereocenters. The molecule has 6 heteroatoms. The summed E-state index contributed by atoms with van der Waals surface area (Å²) in [6.07, 6.45) is 2.92. The molecule has 0 N–H and O–H groups in total. The number of rotatable bonds is 5. The Morgan fingerprint density at radius 1 is 1.11 bits per heavy atom. The van der Waals surface area contributed by atoms with Gasteiger partial charge in [0.2, 0.25) is 17.6 Å². The van der Waals surface area contributed by atoms with E-state index in [1.54, 1.807) is 6.07 Å². The zero-order valence-electron chi connectivity index (χ0n) is 16.4. The summed E-state index contributed by atoms with van der Waals surface area (Å²) in [4.78, 5) is 51.6. The standard InChI is InChI=1S/C22H25NO5/c1-11-4-5-12(2)16(8-11)17(24)10-28-22(27)13(3)23-20(25)18-14-6-7-15(9-14)19(18)21(23)26/h4-5,8,13-15,18-19H,6-7,9-10H2,1-3H3/t13-,14+,15+,18-,19+/m1/s1. The molecule has 2 bridgehead atoms. The highest BCUT2D eigenvalue weighted by atomic mass is 16.5. The van der Waals surface area contributed by atoms with E-state index in [1.165, 1.54) is 6.92 Å². The van der Waals surface area contributed by atoms with Crippen LogP contribution in [0, 0.1) is 37.5 Å². The van der Waals surface area contributed by atoms with Crippen molar-refractivity contribution in [3.05, 3.63) is 34.9 Å². The molecule has 1 aliphatic heterocycles. The number of benzene rings is 1. The summed E-state index contributed by atoms with van der Waals surface area (Å²) in [7, 11) is 0. The lowest BCUT2D eigenvalue weighted by Gasteiger charge is -2.23. The van der Waals surface area contributed by atoms with Gasteiger partial charge in [-0.1, -0.05) is 17.7 Å². The van der Waals surface area contributed by atoms with Gasteiger partial charge in [-0.2, -0.15) is 0 Å². The first-order valence-corrected chi connectivity index (χ1v) is 9.93. The Balaban J connectivity index is 1.41. The van der Waals surface area contributed by atoms with Crippen LogP contribution in [0.15, 0.2) is 18.2 Å². The molecule has 2 saturated carbocycles. The van der Waals surface area contributed by atoms with Gasteiger partial charge < -0.3 is 4.74 Å². The zero-order valence-corrected chi connectivity index (χ0v) is 16.4. The minimum Gasteiger partial charge on any atom is -0.456 e. The normalized spacial score (nSPS) is 29.2. The van der Waals surface area contributed by atoms with Crippen LogP contribution in [-0.2, 0) is 19.1 Å². The number of imide groups is 1. The van der Waals surface area contributed by atoms with Crippen LogP contribution < -0.4 is 0 Å². The van der Waals surface area contributed by atoms with Crippen LogP contribution in [0.25, 0.3) is 0 Å². The Bertz CT molecular complexity index is 848. The largest absolute Gasteiger partial charge is 0.456 e. The van der Waals surface area contributed by atoms with E-state index in [-0.39, 0.29) is 41.3 Å². The van der Waals surface area contributed by atoms with Gasteiger partial charge >= 0.3 is 5.97 Å². The van der Waals surface area contributed by atoms with Crippen LogP contribution in [0.1, 0.15) is 47.7 Å². The molecule has 0 aromatic heterocycles. The number of aryl methyl sites for hydroxylation is 2. The van der Waals surface area contributed by atoms with E-state index in [0.717, 1.165) is 35.3 Å². The lowest BCUT2D eigenvalue weighted by molar-refractivity contribution is -0.157. The number of Topliss-reactive ketones (excluding diaryl/α,β-unsaturated/α-hetero) is 1. The number of hydrogen-bond donors (Lipinski definition) is 0. The first kappa shape index (κ1) is 18.8. The Labute approximate surface area is 164 Å². The summed E-state index contributed by atoms with van der Waals surface area (Å²) < 4.78 is 5.18. The van der Waals surface area contributed by atoms with E-state index < -0.39 is 18.6 Å². The van der Waals surface area contributed by atoms with E-state index in [2.05, 4.69) is 0 Å². The van der Waals surface area contributed by atoms with Gasteiger partial charge in [0, 0.05) is 5.56 Å². The number of ketones is 1. The molecule has 3 aliphatic rings. The van der Waals surface area contributed by atoms with E-state index in [0.29, 0.717) is 5.56 Å². The molecule has 0 unspecified atom stereocenters. The lowest BCUT2D eigenvalue weighted by Crippen LogP contribution is -2.45. The monoisotopic (exact) mass is 383 g/mol. The van der Waals surface area contributed by atoms with E-state index >= 15 is 0 Å². The third-order valence-corrected chi connectivity index (χ3v) is 6.73. The maximum atomic E-state index is 12.8. The molecule has 1 heterocycles. The lowest BCUT2D eigenvalue weighted by atomic mass is 9.81. The number of carbonyl (C=O) groups is 4. The molecule has 4 rings (SSSR count). The van der Waals surface area contributed by atoms with Crippen molar-refractivity contribution in [1.82, 2.24) is 4.90 Å². The number of ether oxygens (including phenoxy) is 1. The highest BCUT2D eigenvalue weighted by molar-refractivity contribution is 6.08. The summed E-state index contributed by atoms with van der Waals surface area (Å²) in [5.41, 5.74) is 2.27. The Hall–Kier alpha value is -2.50. The zero-order chi connectivity index (χ0) is 20.2. The van der Waals surface area contributed by atoms with Gasteiger partial charge in [-0.25, -0.2) is 4.79 Å². The fraction of sp³-hybridized carbons (Fsp3) is 0.545. The molecule has 1 aromatic carbocycles. The number of nitrogens with zero attached hydrogens (tertiary/aromatic N) is 1. The molecule has 0 spiro atoms. The minimum atomic E-state index is -1.00. The van der Waals surface area contributed by atoms with E-state index in [1.807, 2.05) is 26.0 Å². The SMILES string of the molecule is Cc1ccc(C)c(C(=O)COC(=O)[C@@H](C)N2C(=O)[C@@H]3[C@H]4CC[C@@H](C4)[C@@H]3C2=O)c1. The molecule has 28 heavy (non-hydrogen) atoms.